The van der Waals surface area contributed by atoms with E-state index in [2.05, 4.69) is 24.7 Å². The van der Waals surface area contributed by atoms with Crippen LogP contribution in [-0.4, -0.2) is 71.7 Å². The summed E-state index contributed by atoms with van der Waals surface area (Å²) in [5.41, 5.74) is 6.15. The number of phosphoric acid groups is 3. The first kappa shape index (κ1) is 25.3. The van der Waals surface area contributed by atoms with Crippen LogP contribution >= 0.6 is 23.5 Å². The Morgan fingerprint density at radius 1 is 1.17 bits per heavy atom. The Morgan fingerprint density at radius 3 is 2.33 bits per heavy atom. The Balaban J connectivity index is 2.03. The molecule has 0 amide bonds. The molecular formula is C11H20N3O13P3. The smallest absolute Gasteiger partial charge is 0.387 e. The molecule has 0 aromatic rings. The zero-order valence-electron chi connectivity index (χ0n) is 15.2. The van der Waals surface area contributed by atoms with Gasteiger partial charge in [0, 0.05) is 11.8 Å². The van der Waals surface area contributed by atoms with Crippen LogP contribution in [0.25, 0.3) is 0 Å². The van der Waals surface area contributed by atoms with Crippen molar-refractivity contribution in [1.29, 1.82) is 0 Å². The zero-order chi connectivity index (χ0) is 23.1. The second-order valence-corrected chi connectivity index (χ2v) is 10.5. The number of hydrogen-bond acceptors (Lipinski definition) is 12. The van der Waals surface area contributed by atoms with E-state index in [1.165, 1.54) is 11.1 Å². The number of aliphatic hydroxyl groups excluding tert-OH is 2. The highest BCUT2D eigenvalue weighted by Gasteiger charge is 2.48. The maximum Gasteiger partial charge on any atom is 0.490 e. The molecule has 0 aliphatic carbocycles. The highest BCUT2D eigenvalue weighted by molar-refractivity contribution is 7.66. The van der Waals surface area contributed by atoms with Crippen molar-refractivity contribution in [2.45, 2.75) is 31.5 Å². The Morgan fingerprint density at radius 2 is 1.77 bits per heavy atom. The Labute approximate surface area is 169 Å². The van der Waals surface area contributed by atoms with Gasteiger partial charge in [0.15, 0.2) is 6.23 Å². The fourth-order valence-electron chi connectivity index (χ4n) is 2.42. The SMILES string of the molecule is C=C1N=C(N)C(C)=CN1C1OC(COP(=O)(O)OP(=O)(O)OP(=O)(O)O)C(O)C1O. The first-order valence-electron chi connectivity index (χ1n) is 7.81. The quantitative estimate of drug-likeness (QED) is 0.196. The molecule has 19 heteroatoms. The van der Waals surface area contributed by atoms with E-state index < -0.39 is 54.6 Å². The number of nitrogens with two attached hydrogens (primary N) is 1. The van der Waals surface area contributed by atoms with Crippen LogP contribution in [0.4, 0.5) is 0 Å². The first-order valence-corrected chi connectivity index (χ1v) is 12.3. The molecule has 0 saturated carbocycles. The minimum atomic E-state index is -5.69. The molecule has 2 rings (SSSR count). The van der Waals surface area contributed by atoms with Crippen molar-refractivity contribution in [2.24, 2.45) is 10.7 Å². The molecule has 30 heavy (non-hydrogen) atoms. The molecule has 0 aromatic heterocycles. The summed E-state index contributed by atoms with van der Waals surface area (Å²) >= 11 is 0. The van der Waals surface area contributed by atoms with Crippen LogP contribution in [0, 0.1) is 0 Å². The fourth-order valence-corrected chi connectivity index (χ4v) is 5.45. The minimum absolute atomic E-state index is 0.0721. The normalized spacial score (nSPS) is 31.7. The summed E-state index contributed by atoms with van der Waals surface area (Å²) in [7, 11) is -16.6. The summed E-state index contributed by atoms with van der Waals surface area (Å²) in [5, 5.41) is 20.3. The van der Waals surface area contributed by atoms with Gasteiger partial charge in [-0.3, -0.25) is 4.52 Å². The lowest BCUT2D eigenvalue weighted by Crippen LogP contribution is -2.42. The largest absolute Gasteiger partial charge is 0.490 e. The summed E-state index contributed by atoms with van der Waals surface area (Å²) in [5.74, 6) is 0.247. The lowest BCUT2D eigenvalue weighted by molar-refractivity contribution is -0.0686. The minimum Gasteiger partial charge on any atom is -0.387 e. The summed E-state index contributed by atoms with van der Waals surface area (Å²) in [6.45, 7) is 4.31. The Bertz CT molecular complexity index is 900. The molecule has 6 unspecified atom stereocenters. The molecule has 2 aliphatic heterocycles. The van der Waals surface area contributed by atoms with Crippen LogP contribution in [-0.2, 0) is 31.6 Å². The first-order chi connectivity index (χ1) is 13.5. The van der Waals surface area contributed by atoms with Crippen LogP contribution in [0.15, 0.2) is 29.2 Å². The van der Waals surface area contributed by atoms with Crippen LogP contribution in [0.3, 0.4) is 0 Å². The van der Waals surface area contributed by atoms with Crippen LogP contribution in [0.5, 0.6) is 0 Å². The molecule has 6 atom stereocenters. The third kappa shape index (κ3) is 6.52. The fraction of sp³-hybridized carbons (Fsp3) is 0.545. The third-order valence-corrected chi connectivity index (χ3v) is 7.52. The van der Waals surface area contributed by atoms with Gasteiger partial charge in [-0.2, -0.15) is 8.62 Å². The van der Waals surface area contributed by atoms with Crippen molar-refractivity contribution in [3.05, 3.63) is 24.2 Å². The van der Waals surface area contributed by atoms with Crippen LogP contribution in [0.2, 0.25) is 0 Å². The molecule has 16 nitrogen and oxygen atoms in total. The van der Waals surface area contributed by atoms with Gasteiger partial charge in [-0.1, -0.05) is 6.58 Å². The third-order valence-electron chi connectivity index (χ3n) is 3.71. The van der Waals surface area contributed by atoms with E-state index in [0.717, 1.165) is 0 Å². The number of rotatable bonds is 8. The van der Waals surface area contributed by atoms with E-state index in [1.807, 2.05) is 0 Å². The summed E-state index contributed by atoms with van der Waals surface area (Å²) < 4.78 is 50.6. The van der Waals surface area contributed by atoms with Crippen molar-refractivity contribution < 1.29 is 61.4 Å². The number of ether oxygens (including phenoxy) is 1. The molecule has 8 N–H and O–H groups in total. The van der Waals surface area contributed by atoms with E-state index in [9.17, 15) is 28.8 Å². The summed E-state index contributed by atoms with van der Waals surface area (Å²) in [4.78, 5) is 40.7. The van der Waals surface area contributed by atoms with Gasteiger partial charge < -0.3 is 45.2 Å². The maximum atomic E-state index is 11.8. The standard InChI is InChI=1S/C11H20N3O13P3/c1-5-3-14(6(2)13-10(5)12)11-9(16)8(15)7(25-11)4-24-29(20,21)27-30(22,23)26-28(17,18)19/h3,7-9,11,15-16H,2,4H2,1H3,(H2,12,13)(H,20,21)(H,22,23)(H2,17,18,19). The number of aliphatic hydroxyl groups is 2. The van der Waals surface area contributed by atoms with Gasteiger partial charge in [0.2, 0.25) is 0 Å². The predicted octanol–water partition coefficient (Wildman–Crippen LogP) is -1.18. The summed E-state index contributed by atoms with van der Waals surface area (Å²) in [6, 6.07) is 0. The van der Waals surface area contributed by atoms with Crippen molar-refractivity contribution >= 4 is 29.3 Å². The Kier molecular flexibility index (Phi) is 7.49. The van der Waals surface area contributed by atoms with E-state index in [4.69, 9.17) is 25.2 Å². The molecule has 2 heterocycles. The van der Waals surface area contributed by atoms with Gasteiger partial charge in [-0.25, -0.2) is 18.7 Å². The van der Waals surface area contributed by atoms with Gasteiger partial charge in [-0.05, 0) is 6.92 Å². The van der Waals surface area contributed by atoms with Crippen LogP contribution in [0.1, 0.15) is 6.92 Å². The van der Waals surface area contributed by atoms with Crippen molar-refractivity contribution in [2.75, 3.05) is 6.61 Å². The van der Waals surface area contributed by atoms with Crippen molar-refractivity contribution in [3.63, 3.8) is 0 Å². The van der Waals surface area contributed by atoms with Gasteiger partial charge >= 0.3 is 23.5 Å². The van der Waals surface area contributed by atoms with Gasteiger partial charge in [0.05, 0.1) is 6.61 Å². The van der Waals surface area contributed by atoms with Crippen LogP contribution < -0.4 is 5.73 Å². The second kappa shape index (κ2) is 8.88. The number of amidine groups is 1. The molecule has 0 aromatic carbocycles. The highest BCUT2D eigenvalue weighted by Crippen LogP contribution is 2.66. The lowest BCUT2D eigenvalue weighted by atomic mass is 10.1. The van der Waals surface area contributed by atoms with E-state index in [1.54, 1.807) is 6.92 Å². The average Bonchev–Trinajstić information content (AvgIpc) is 2.81. The molecule has 0 radical (unpaired) electrons. The van der Waals surface area contributed by atoms with E-state index in [0.29, 0.717) is 5.57 Å². The number of phosphoric ester groups is 1. The van der Waals surface area contributed by atoms with E-state index in [-0.39, 0.29) is 11.7 Å². The molecule has 0 spiro atoms. The monoisotopic (exact) mass is 495 g/mol. The second-order valence-electron chi connectivity index (χ2n) is 6.07. The lowest BCUT2D eigenvalue weighted by Gasteiger charge is -2.31. The molecule has 2 aliphatic rings. The number of nitrogens with zero attached hydrogens (tertiary/aromatic N) is 2. The highest BCUT2D eigenvalue weighted by atomic mass is 31.3. The zero-order valence-corrected chi connectivity index (χ0v) is 17.8. The number of aliphatic imine (C=N–C) groups is 1. The molecule has 172 valence electrons. The average molecular weight is 495 g/mol. The van der Waals surface area contributed by atoms with Gasteiger partial charge in [0.1, 0.15) is 30.0 Å². The van der Waals surface area contributed by atoms with Gasteiger partial charge in [0.25, 0.3) is 0 Å². The molecule has 1 saturated heterocycles. The molecule has 0 bridgehead atoms. The van der Waals surface area contributed by atoms with E-state index >= 15 is 0 Å². The maximum absolute atomic E-state index is 11.8. The van der Waals surface area contributed by atoms with Crippen molar-refractivity contribution in [1.82, 2.24) is 4.90 Å². The topological polar surface area (TPSA) is 251 Å². The van der Waals surface area contributed by atoms with Gasteiger partial charge in [-0.15, -0.1) is 0 Å². The predicted molar refractivity (Wildman–Crippen MR) is 96.8 cm³/mol. The number of hydrogen-bond donors (Lipinski definition) is 7. The molecular weight excluding hydrogens is 475 g/mol. The Hall–Kier alpha value is -0.960. The summed E-state index contributed by atoms with van der Waals surface area (Å²) in [6.07, 6.45) is -4.44. The molecule has 1 fully saturated rings. The van der Waals surface area contributed by atoms with Crippen molar-refractivity contribution in [3.8, 4) is 0 Å².